The molecular weight excluding hydrogens is 238 g/mol. The van der Waals surface area contributed by atoms with Crippen LogP contribution in [0.1, 0.15) is 5.56 Å². The maximum atomic E-state index is 9.13. The maximum Gasteiger partial charge on any atom is 0.146 e. The molecule has 1 N–H and O–H groups in total. The molecule has 4 heteroatoms. The summed E-state index contributed by atoms with van der Waals surface area (Å²) < 4.78 is 5.51. The number of phenols is 1. The Morgan fingerprint density at radius 3 is 2.41 bits per heavy atom. The van der Waals surface area contributed by atoms with Crippen LogP contribution < -0.4 is 4.74 Å². The normalized spacial score (nSPS) is 9.65. The minimum atomic E-state index is 0.170. The highest BCUT2D eigenvalue weighted by molar-refractivity contribution is 6.32. The Hall–Kier alpha value is -2.18. The van der Waals surface area contributed by atoms with E-state index in [-0.39, 0.29) is 5.75 Å². The molecule has 0 aliphatic rings. The molecule has 0 saturated heterocycles. The number of ether oxygens (including phenoxy) is 1. The van der Waals surface area contributed by atoms with Crippen molar-refractivity contribution in [1.29, 1.82) is 5.26 Å². The second-order valence-electron chi connectivity index (χ2n) is 3.35. The van der Waals surface area contributed by atoms with Crippen molar-refractivity contribution in [1.82, 2.24) is 0 Å². The SMILES string of the molecule is N#Cc1ccc(Oc2ccc(O)cc2)c(Cl)c1. The first-order valence-electron chi connectivity index (χ1n) is 4.85. The number of hydrogen-bond acceptors (Lipinski definition) is 3. The van der Waals surface area contributed by atoms with Crippen LogP contribution in [-0.2, 0) is 0 Å². The van der Waals surface area contributed by atoms with Gasteiger partial charge in [0.05, 0.1) is 16.7 Å². The average Bonchev–Trinajstić information content (AvgIpc) is 2.34. The second kappa shape index (κ2) is 4.77. The minimum Gasteiger partial charge on any atom is -0.508 e. The number of aromatic hydroxyl groups is 1. The van der Waals surface area contributed by atoms with E-state index in [1.807, 2.05) is 6.07 Å². The van der Waals surface area contributed by atoms with E-state index in [4.69, 9.17) is 26.7 Å². The highest BCUT2D eigenvalue weighted by Crippen LogP contribution is 2.30. The summed E-state index contributed by atoms with van der Waals surface area (Å²) in [6.07, 6.45) is 0. The van der Waals surface area contributed by atoms with Gasteiger partial charge in [-0.3, -0.25) is 0 Å². The summed E-state index contributed by atoms with van der Waals surface area (Å²) in [5.41, 5.74) is 0.480. The summed E-state index contributed by atoms with van der Waals surface area (Å²) in [4.78, 5) is 0. The molecule has 2 rings (SSSR count). The van der Waals surface area contributed by atoms with Gasteiger partial charge in [-0.1, -0.05) is 11.6 Å². The fraction of sp³-hybridized carbons (Fsp3) is 0. The van der Waals surface area contributed by atoms with Gasteiger partial charge in [-0.2, -0.15) is 5.26 Å². The largest absolute Gasteiger partial charge is 0.508 e. The topological polar surface area (TPSA) is 53.2 Å². The van der Waals surface area contributed by atoms with E-state index in [0.29, 0.717) is 22.1 Å². The van der Waals surface area contributed by atoms with Gasteiger partial charge in [-0.15, -0.1) is 0 Å². The third-order valence-corrected chi connectivity index (χ3v) is 2.42. The van der Waals surface area contributed by atoms with Gasteiger partial charge in [-0.05, 0) is 42.5 Å². The molecule has 0 aliphatic carbocycles. The van der Waals surface area contributed by atoms with Gasteiger partial charge < -0.3 is 9.84 Å². The zero-order valence-corrected chi connectivity index (χ0v) is 9.48. The zero-order chi connectivity index (χ0) is 12.3. The molecular formula is C13H8ClNO2. The van der Waals surface area contributed by atoms with Crippen molar-refractivity contribution in [2.24, 2.45) is 0 Å². The van der Waals surface area contributed by atoms with E-state index in [9.17, 15) is 0 Å². The summed E-state index contributed by atoms with van der Waals surface area (Å²) >= 11 is 5.96. The Balaban J connectivity index is 2.25. The predicted octanol–water partition coefficient (Wildman–Crippen LogP) is 3.71. The lowest BCUT2D eigenvalue weighted by atomic mass is 10.2. The Morgan fingerprint density at radius 1 is 1.12 bits per heavy atom. The van der Waals surface area contributed by atoms with Gasteiger partial charge in [-0.25, -0.2) is 0 Å². The molecule has 0 amide bonds. The van der Waals surface area contributed by atoms with Gasteiger partial charge in [0, 0.05) is 0 Å². The molecule has 0 heterocycles. The van der Waals surface area contributed by atoms with Crippen LogP contribution >= 0.6 is 11.6 Å². The van der Waals surface area contributed by atoms with E-state index in [1.165, 1.54) is 18.2 Å². The van der Waals surface area contributed by atoms with Crippen LogP contribution in [0.2, 0.25) is 5.02 Å². The van der Waals surface area contributed by atoms with E-state index in [1.54, 1.807) is 24.3 Å². The Morgan fingerprint density at radius 2 is 1.82 bits per heavy atom. The average molecular weight is 246 g/mol. The Bertz CT molecular complexity index is 573. The van der Waals surface area contributed by atoms with Crippen LogP contribution in [0.3, 0.4) is 0 Å². The molecule has 0 aliphatic heterocycles. The summed E-state index contributed by atoms with van der Waals surface area (Å²) in [6.45, 7) is 0. The maximum absolute atomic E-state index is 9.13. The highest BCUT2D eigenvalue weighted by atomic mass is 35.5. The van der Waals surface area contributed by atoms with Gasteiger partial charge in [0.2, 0.25) is 0 Å². The van der Waals surface area contributed by atoms with Crippen LogP contribution in [-0.4, -0.2) is 5.11 Å². The number of phenolic OH excluding ortho intramolecular Hbond substituents is 1. The van der Waals surface area contributed by atoms with Crippen molar-refractivity contribution in [3.63, 3.8) is 0 Å². The number of rotatable bonds is 2. The molecule has 0 atom stereocenters. The van der Waals surface area contributed by atoms with Crippen LogP contribution in [0, 0.1) is 11.3 Å². The summed E-state index contributed by atoms with van der Waals surface area (Å²) in [5, 5.41) is 18.2. The number of benzene rings is 2. The number of halogens is 1. The number of nitriles is 1. The second-order valence-corrected chi connectivity index (χ2v) is 3.76. The van der Waals surface area contributed by atoms with Crippen molar-refractivity contribution in [2.45, 2.75) is 0 Å². The lowest BCUT2D eigenvalue weighted by molar-refractivity contribution is 0.464. The first kappa shape index (κ1) is 11.3. The molecule has 0 aromatic heterocycles. The molecule has 84 valence electrons. The molecule has 17 heavy (non-hydrogen) atoms. The van der Waals surface area contributed by atoms with Crippen LogP contribution in [0.5, 0.6) is 17.2 Å². The minimum absolute atomic E-state index is 0.170. The van der Waals surface area contributed by atoms with Crippen molar-refractivity contribution in [3.8, 4) is 23.3 Å². The van der Waals surface area contributed by atoms with Crippen molar-refractivity contribution < 1.29 is 9.84 Å². The fourth-order valence-electron chi connectivity index (χ4n) is 1.29. The number of nitrogens with zero attached hydrogens (tertiary/aromatic N) is 1. The molecule has 3 nitrogen and oxygen atoms in total. The monoisotopic (exact) mass is 245 g/mol. The lowest BCUT2D eigenvalue weighted by Crippen LogP contribution is -1.85. The highest BCUT2D eigenvalue weighted by Gasteiger charge is 2.04. The molecule has 0 fully saturated rings. The van der Waals surface area contributed by atoms with Gasteiger partial charge >= 0.3 is 0 Å². The van der Waals surface area contributed by atoms with Crippen molar-refractivity contribution >= 4 is 11.6 Å². The molecule has 0 radical (unpaired) electrons. The summed E-state index contributed by atoms with van der Waals surface area (Å²) in [7, 11) is 0. The molecule has 2 aromatic rings. The van der Waals surface area contributed by atoms with E-state index in [2.05, 4.69) is 0 Å². The van der Waals surface area contributed by atoms with Crippen molar-refractivity contribution in [2.75, 3.05) is 0 Å². The third-order valence-electron chi connectivity index (χ3n) is 2.13. The molecule has 0 saturated carbocycles. The first-order chi connectivity index (χ1) is 8.19. The molecule has 0 bridgehead atoms. The Labute approximate surface area is 103 Å². The summed E-state index contributed by atoms with van der Waals surface area (Å²) in [5.74, 6) is 1.20. The smallest absolute Gasteiger partial charge is 0.146 e. The fourth-order valence-corrected chi connectivity index (χ4v) is 1.51. The van der Waals surface area contributed by atoms with Gasteiger partial charge in [0.25, 0.3) is 0 Å². The standard InChI is InChI=1S/C13H8ClNO2/c14-12-7-9(8-15)1-6-13(12)17-11-4-2-10(16)3-5-11/h1-7,16H. The predicted molar refractivity (Wildman–Crippen MR) is 64.3 cm³/mol. The van der Waals surface area contributed by atoms with Crippen molar-refractivity contribution in [3.05, 3.63) is 53.1 Å². The molecule has 0 spiro atoms. The van der Waals surface area contributed by atoms with E-state index in [0.717, 1.165) is 0 Å². The van der Waals surface area contributed by atoms with Crippen LogP contribution in [0.4, 0.5) is 0 Å². The van der Waals surface area contributed by atoms with E-state index < -0.39 is 0 Å². The van der Waals surface area contributed by atoms with Crippen LogP contribution in [0.15, 0.2) is 42.5 Å². The third kappa shape index (κ3) is 2.68. The lowest BCUT2D eigenvalue weighted by Gasteiger charge is -2.07. The van der Waals surface area contributed by atoms with Crippen LogP contribution in [0.25, 0.3) is 0 Å². The molecule has 2 aromatic carbocycles. The molecule has 0 unspecified atom stereocenters. The quantitative estimate of drug-likeness (QED) is 0.878. The van der Waals surface area contributed by atoms with E-state index >= 15 is 0 Å². The first-order valence-corrected chi connectivity index (χ1v) is 5.23. The summed E-state index contributed by atoms with van der Waals surface area (Å²) in [6, 6.07) is 13.1. The zero-order valence-electron chi connectivity index (χ0n) is 8.72. The Kier molecular flexibility index (Phi) is 3.17. The van der Waals surface area contributed by atoms with Gasteiger partial charge in [0.15, 0.2) is 0 Å². The number of hydrogen-bond donors (Lipinski definition) is 1. The van der Waals surface area contributed by atoms with Gasteiger partial charge in [0.1, 0.15) is 17.2 Å².